The van der Waals surface area contributed by atoms with Crippen LogP contribution in [0, 0.1) is 11.2 Å². The fraction of sp³-hybridized carbons (Fsp3) is 0.381. The van der Waals surface area contributed by atoms with Crippen molar-refractivity contribution < 1.29 is 14.0 Å². The first kappa shape index (κ1) is 19.0. The maximum atomic E-state index is 13.5. The fourth-order valence-corrected chi connectivity index (χ4v) is 2.96. The van der Waals surface area contributed by atoms with Crippen LogP contribution in [0.4, 0.5) is 4.39 Å². The highest BCUT2D eigenvalue weighted by Crippen LogP contribution is 2.27. The van der Waals surface area contributed by atoms with E-state index in [1.165, 1.54) is 17.0 Å². The van der Waals surface area contributed by atoms with E-state index in [2.05, 4.69) is 10.3 Å². The van der Waals surface area contributed by atoms with Crippen molar-refractivity contribution in [1.29, 1.82) is 0 Å². The number of hydrogen-bond acceptors (Lipinski definition) is 3. The minimum absolute atomic E-state index is 0.0330. The lowest BCUT2D eigenvalue weighted by atomic mass is 9.97. The van der Waals surface area contributed by atoms with E-state index < -0.39 is 6.04 Å². The molecule has 0 unspecified atom stereocenters. The van der Waals surface area contributed by atoms with Gasteiger partial charge >= 0.3 is 0 Å². The van der Waals surface area contributed by atoms with E-state index in [0.717, 1.165) is 5.56 Å². The van der Waals surface area contributed by atoms with Crippen molar-refractivity contribution in [2.45, 2.75) is 40.3 Å². The Labute approximate surface area is 158 Å². The number of nitrogens with zero attached hydrogens (tertiary/aromatic N) is 2. The normalized spacial score (nSPS) is 14.9. The average Bonchev–Trinajstić information content (AvgIpc) is 2.94. The van der Waals surface area contributed by atoms with Crippen molar-refractivity contribution in [3.63, 3.8) is 0 Å². The second-order valence-electron chi connectivity index (χ2n) is 8.10. The summed E-state index contributed by atoms with van der Waals surface area (Å²) in [4.78, 5) is 31.2. The predicted molar refractivity (Wildman–Crippen MR) is 101 cm³/mol. The molecule has 142 valence electrons. The number of benzene rings is 1. The van der Waals surface area contributed by atoms with Crippen LogP contribution in [0.5, 0.6) is 0 Å². The molecule has 0 spiro atoms. The number of fused-ring (bicyclic) bond motifs is 1. The Morgan fingerprint density at radius 2 is 2.04 bits per heavy atom. The summed E-state index contributed by atoms with van der Waals surface area (Å²) >= 11 is 0. The molecule has 0 fully saturated rings. The monoisotopic (exact) mass is 369 g/mol. The van der Waals surface area contributed by atoms with Gasteiger partial charge in [-0.2, -0.15) is 0 Å². The van der Waals surface area contributed by atoms with E-state index in [9.17, 15) is 14.0 Å². The zero-order valence-corrected chi connectivity index (χ0v) is 16.0. The van der Waals surface area contributed by atoms with Crippen LogP contribution >= 0.6 is 0 Å². The maximum absolute atomic E-state index is 13.5. The smallest absolute Gasteiger partial charge is 0.273 e. The zero-order chi connectivity index (χ0) is 19.8. The Bertz CT molecular complexity index is 889. The molecular formula is C21H24FN3O2. The highest BCUT2D eigenvalue weighted by Gasteiger charge is 2.35. The first-order valence-electron chi connectivity index (χ1n) is 9.00. The van der Waals surface area contributed by atoms with Crippen molar-refractivity contribution in [2.75, 3.05) is 6.54 Å². The molecule has 3 rings (SSSR count). The van der Waals surface area contributed by atoms with Gasteiger partial charge in [0.2, 0.25) is 5.91 Å². The van der Waals surface area contributed by atoms with Gasteiger partial charge < -0.3 is 10.2 Å². The van der Waals surface area contributed by atoms with E-state index in [1.54, 1.807) is 25.1 Å². The van der Waals surface area contributed by atoms with Gasteiger partial charge in [0.15, 0.2) is 0 Å². The summed E-state index contributed by atoms with van der Waals surface area (Å²) in [5.74, 6) is -0.815. The minimum Gasteiger partial charge on any atom is -0.354 e. The molecule has 0 bridgehead atoms. The van der Waals surface area contributed by atoms with Crippen LogP contribution in [-0.4, -0.2) is 34.3 Å². The summed E-state index contributed by atoms with van der Waals surface area (Å²) in [7, 11) is 0. The number of carbonyl (C=O) groups excluding carboxylic acids is 2. The van der Waals surface area contributed by atoms with Crippen LogP contribution in [0.2, 0.25) is 0 Å². The van der Waals surface area contributed by atoms with Gasteiger partial charge in [-0.1, -0.05) is 39.0 Å². The molecule has 1 aromatic carbocycles. The molecule has 2 heterocycles. The molecule has 0 radical (unpaired) electrons. The number of hydrogen-bond donors (Lipinski definition) is 1. The lowest BCUT2D eigenvalue weighted by molar-refractivity contribution is -0.125. The number of nitrogens with one attached hydrogen (secondary N) is 1. The molecule has 1 N–H and O–H groups in total. The van der Waals surface area contributed by atoms with E-state index in [4.69, 9.17) is 0 Å². The van der Waals surface area contributed by atoms with Gasteiger partial charge in [0, 0.05) is 24.2 Å². The van der Waals surface area contributed by atoms with Crippen LogP contribution < -0.4 is 5.32 Å². The van der Waals surface area contributed by atoms with Crippen molar-refractivity contribution >= 4 is 11.8 Å². The lowest BCUT2D eigenvalue weighted by Crippen LogP contribution is -2.47. The summed E-state index contributed by atoms with van der Waals surface area (Å²) in [6.45, 7) is 8.70. The number of pyridine rings is 1. The molecule has 1 aromatic heterocycles. The molecule has 6 heteroatoms. The van der Waals surface area contributed by atoms with Crippen LogP contribution in [-0.2, 0) is 11.3 Å². The summed E-state index contributed by atoms with van der Waals surface area (Å²) in [6.07, 6.45) is 0. The molecule has 5 nitrogen and oxygen atoms in total. The number of rotatable bonds is 4. The minimum atomic E-state index is -0.591. The number of aromatic nitrogens is 1. The Kier molecular flexibility index (Phi) is 5.00. The number of amides is 2. The largest absolute Gasteiger partial charge is 0.354 e. The molecule has 27 heavy (non-hydrogen) atoms. The van der Waals surface area contributed by atoms with Crippen LogP contribution in [0.15, 0.2) is 36.4 Å². The standard InChI is InChI=1S/C21H24FN3O2/c1-13(19(26)23-12-21(2,3)4)25-11-15-8-9-17(24-18(15)20(25)27)14-6-5-7-16(22)10-14/h5-10,13H,11-12H2,1-4H3,(H,23,26)/t13-/m1/s1. The molecule has 2 aromatic rings. The van der Waals surface area contributed by atoms with Gasteiger partial charge in [0.05, 0.1) is 5.69 Å². The fourth-order valence-electron chi connectivity index (χ4n) is 2.96. The number of halogens is 1. The predicted octanol–water partition coefficient (Wildman–Crippen LogP) is 3.39. The molecular weight excluding hydrogens is 345 g/mol. The van der Waals surface area contributed by atoms with Crippen LogP contribution in [0.1, 0.15) is 43.7 Å². The molecule has 2 amide bonds. The van der Waals surface area contributed by atoms with Gasteiger partial charge in [-0.05, 0) is 30.5 Å². The Morgan fingerprint density at radius 1 is 1.30 bits per heavy atom. The topological polar surface area (TPSA) is 62.3 Å². The van der Waals surface area contributed by atoms with E-state index in [0.29, 0.717) is 30.0 Å². The second-order valence-corrected chi connectivity index (χ2v) is 8.10. The van der Waals surface area contributed by atoms with Crippen molar-refractivity contribution in [3.8, 4) is 11.3 Å². The van der Waals surface area contributed by atoms with Gasteiger partial charge in [-0.15, -0.1) is 0 Å². The maximum Gasteiger partial charge on any atom is 0.273 e. The third-order valence-electron chi connectivity index (χ3n) is 4.54. The summed E-state index contributed by atoms with van der Waals surface area (Å²) in [5, 5.41) is 2.90. The Hall–Kier alpha value is -2.76. The van der Waals surface area contributed by atoms with Gasteiger partial charge in [0.1, 0.15) is 17.6 Å². The quantitative estimate of drug-likeness (QED) is 0.899. The van der Waals surface area contributed by atoms with Crippen molar-refractivity contribution in [2.24, 2.45) is 5.41 Å². The summed E-state index contributed by atoms with van der Waals surface area (Å²) < 4.78 is 13.5. The molecule has 0 aliphatic carbocycles. The molecule has 0 saturated heterocycles. The highest BCUT2D eigenvalue weighted by atomic mass is 19.1. The molecule has 1 atom stereocenters. The number of carbonyl (C=O) groups is 2. The van der Waals surface area contributed by atoms with Crippen LogP contribution in [0.3, 0.4) is 0 Å². The van der Waals surface area contributed by atoms with Gasteiger partial charge in [0.25, 0.3) is 5.91 Å². The van der Waals surface area contributed by atoms with Crippen molar-refractivity contribution in [1.82, 2.24) is 15.2 Å². The first-order chi connectivity index (χ1) is 12.7. The third-order valence-corrected chi connectivity index (χ3v) is 4.54. The van der Waals surface area contributed by atoms with E-state index in [-0.39, 0.29) is 23.0 Å². The lowest BCUT2D eigenvalue weighted by Gasteiger charge is -2.25. The Morgan fingerprint density at radius 3 is 2.70 bits per heavy atom. The third kappa shape index (κ3) is 4.15. The van der Waals surface area contributed by atoms with Gasteiger partial charge in [-0.3, -0.25) is 9.59 Å². The summed E-state index contributed by atoms with van der Waals surface area (Å²) in [6, 6.07) is 9.10. The molecule has 0 saturated carbocycles. The second kappa shape index (κ2) is 7.10. The van der Waals surface area contributed by atoms with Crippen molar-refractivity contribution in [3.05, 3.63) is 53.5 Å². The molecule has 1 aliphatic rings. The van der Waals surface area contributed by atoms with E-state index in [1.807, 2.05) is 26.8 Å². The Balaban J connectivity index is 1.78. The van der Waals surface area contributed by atoms with Crippen LogP contribution in [0.25, 0.3) is 11.3 Å². The van der Waals surface area contributed by atoms with Gasteiger partial charge in [-0.25, -0.2) is 9.37 Å². The molecule has 1 aliphatic heterocycles. The first-order valence-corrected chi connectivity index (χ1v) is 9.00. The zero-order valence-electron chi connectivity index (χ0n) is 16.0. The van der Waals surface area contributed by atoms with E-state index >= 15 is 0 Å². The summed E-state index contributed by atoms with van der Waals surface area (Å²) in [5.41, 5.74) is 2.21. The highest BCUT2D eigenvalue weighted by molar-refractivity contribution is 5.99. The average molecular weight is 369 g/mol. The SMILES string of the molecule is C[C@H](C(=O)NCC(C)(C)C)N1Cc2ccc(-c3cccc(F)c3)nc2C1=O.